The monoisotopic (exact) mass is 389 g/mol. The van der Waals surface area contributed by atoms with Crippen LogP contribution in [0.15, 0.2) is 24.4 Å². The molecule has 0 amide bonds. The van der Waals surface area contributed by atoms with Crippen LogP contribution in [0.5, 0.6) is 0 Å². The highest BCUT2D eigenvalue weighted by Crippen LogP contribution is 2.25. The molecule has 1 aromatic heterocycles. The highest BCUT2D eigenvalue weighted by atomic mass is 127. The predicted molar refractivity (Wildman–Crippen MR) is 89.3 cm³/mol. The molecule has 2 rings (SSSR count). The molecule has 0 unspecified atom stereocenters. The van der Waals surface area contributed by atoms with Gasteiger partial charge in [-0.1, -0.05) is 25.4 Å². The number of hydrogen-bond acceptors (Lipinski definition) is 2. The van der Waals surface area contributed by atoms with Crippen LogP contribution in [0.4, 0.5) is 11.6 Å². The van der Waals surface area contributed by atoms with Crippen LogP contribution >= 0.6 is 34.2 Å². The van der Waals surface area contributed by atoms with Gasteiger partial charge in [-0.2, -0.15) is 0 Å². The summed E-state index contributed by atoms with van der Waals surface area (Å²) in [5.41, 5.74) is 2.05. The molecule has 0 saturated heterocycles. The Morgan fingerprint density at radius 2 is 2.16 bits per heavy atom. The first-order valence-electron chi connectivity index (χ1n) is 6.21. The third kappa shape index (κ3) is 3.86. The third-order valence-corrected chi connectivity index (χ3v) is 3.76. The number of benzene rings is 1. The SMILES string of the molecule is Cc1cn(CC(C)C)c(Nc2ccc(Cl)cc2I)n1. The number of rotatable bonds is 4. The summed E-state index contributed by atoms with van der Waals surface area (Å²) in [5.74, 6) is 1.46. The Morgan fingerprint density at radius 1 is 1.42 bits per heavy atom. The summed E-state index contributed by atoms with van der Waals surface area (Å²) in [7, 11) is 0. The summed E-state index contributed by atoms with van der Waals surface area (Å²) >= 11 is 8.24. The lowest BCUT2D eigenvalue weighted by atomic mass is 10.2. The van der Waals surface area contributed by atoms with Crippen LogP contribution in [0.3, 0.4) is 0 Å². The van der Waals surface area contributed by atoms with Gasteiger partial charge < -0.3 is 9.88 Å². The Balaban J connectivity index is 2.27. The van der Waals surface area contributed by atoms with Gasteiger partial charge in [-0.05, 0) is 53.6 Å². The van der Waals surface area contributed by atoms with Crippen molar-refractivity contribution in [1.29, 1.82) is 0 Å². The van der Waals surface area contributed by atoms with Gasteiger partial charge in [0.25, 0.3) is 0 Å². The van der Waals surface area contributed by atoms with E-state index in [2.05, 4.69) is 57.5 Å². The summed E-state index contributed by atoms with van der Waals surface area (Å²) in [5, 5.41) is 4.13. The Labute approximate surface area is 132 Å². The van der Waals surface area contributed by atoms with E-state index in [1.165, 1.54) is 0 Å². The lowest BCUT2D eigenvalue weighted by Gasteiger charge is -2.12. The first-order valence-corrected chi connectivity index (χ1v) is 7.67. The first-order chi connectivity index (χ1) is 8.95. The van der Waals surface area contributed by atoms with Crippen molar-refractivity contribution in [3.63, 3.8) is 0 Å². The Morgan fingerprint density at radius 3 is 2.79 bits per heavy atom. The van der Waals surface area contributed by atoms with E-state index in [4.69, 9.17) is 11.6 Å². The molecule has 3 nitrogen and oxygen atoms in total. The molecular formula is C14H17ClIN3. The smallest absolute Gasteiger partial charge is 0.207 e. The second kappa shape index (κ2) is 6.13. The van der Waals surface area contributed by atoms with E-state index in [0.717, 1.165) is 32.5 Å². The van der Waals surface area contributed by atoms with Crippen molar-refractivity contribution in [3.05, 3.63) is 38.7 Å². The van der Waals surface area contributed by atoms with Crippen molar-refractivity contribution >= 4 is 45.8 Å². The fraction of sp³-hybridized carbons (Fsp3) is 0.357. The molecule has 1 heterocycles. The maximum absolute atomic E-state index is 5.97. The minimum atomic E-state index is 0.582. The molecule has 0 aliphatic carbocycles. The molecular weight excluding hydrogens is 373 g/mol. The molecule has 0 aliphatic rings. The molecule has 0 radical (unpaired) electrons. The molecule has 19 heavy (non-hydrogen) atoms. The van der Waals surface area contributed by atoms with Crippen LogP contribution in [-0.2, 0) is 6.54 Å². The zero-order chi connectivity index (χ0) is 14.0. The predicted octanol–water partition coefficient (Wildman–Crippen LogP) is 4.85. The van der Waals surface area contributed by atoms with Crippen molar-refractivity contribution in [1.82, 2.24) is 9.55 Å². The van der Waals surface area contributed by atoms with Crippen molar-refractivity contribution in [2.45, 2.75) is 27.3 Å². The highest BCUT2D eigenvalue weighted by molar-refractivity contribution is 14.1. The number of nitrogens with one attached hydrogen (secondary N) is 1. The standard InChI is InChI=1S/C14H17ClIN3/c1-9(2)7-19-8-10(3)17-14(19)18-13-5-4-11(15)6-12(13)16/h4-6,8-9H,7H2,1-3H3,(H,17,18). The van der Waals surface area contributed by atoms with E-state index in [1.807, 2.05) is 25.1 Å². The maximum atomic E-state index is 5.97. The minimum absolute atomic E-state index is 0.582. The van der Waals surface area contributed by atoms with E-state index in [0.29, 0.717) is 5.92 Å². The first kappa shape index (κ1) is 14.7. The van der Waals surface area contributed by atoms with E-state index < -0.39 is 0 Å². The number of imidazole rings is 1. The van der Waals surface area contributed by atoms with Crippen molar-refractivity contribution in [2.24, 2.45) is 5.92 Å². The van der Waals surface area contributed by atoms with Crippen LogP contribution < -0.4 is 5.32 Å². The zero-order valence-electron chi connectivity index (χ0n) is 11.2. The van der Waals surface area contributed by atoms with Crippen LogP contribution in [0.25, 0.3) is 0 Å². The average Bonchev–Trinajstić information content (AvgIpc) is 2.62. The molecule has 0 bridgehead atoms. The minimum Gasteiger partial charge on any atom is -0.325 e. The second-order valence-corrected chi connectivity index (χ2v) is 6.60. The number of aryl methyl sites for hydroxylation is 1. The van der Waals surface area contributed by atoms with E-state index in [9.17, 15) is 0 Å². The second-order valence-electron chi connectivity index (χ2n) is 5.00. The molecule has 1 aromatic carbocycles. The summed E-state index contributed by atoms with van der Waals surface area (Å²) in [6.45, 7) is 7.36. The Bertz CT molecular complexity index is 578. The summed E-state index contributed by atoms with van der Waals surface area (Å²) in [6, 6.07) is 5.80. The van der Waals surface area contributed by atoms with Gasteiger partial charge in [0.05, 0.1) is 11.4 Å². The number of hydrogen-bond donors (Lipinski definition) is 1. The lowest BCUT2D eigenvalue weighted by Crippen LogP contribution is -2.07. The van der Waals surface area contributed by atoms with Crippen LogP contribution in [0.1, 0.15) is 19.5 Å². The molecule has 0 atom stereocenters. The largest absolute Gasteiger partial charge is 0.325 e. The average molecular weight is 390 g/mol. The molecule has 5 heteroatoms. The lowest BCUT2D eigenvalue weighted by molar-refractivity contribution is 0.527. The zero-order valence-corrected chi connectivity index (χ0v) is 14.2. The van der Waals surface area contributed by atoms with Crippen molar-refractivity contribution in [2.75, 3.05) is 5.32 Å². The molecule has 0 spiro atoms. The van der Waals surface area contributed by atoms with Crippen molar-refractivity contribution in [3.8, 4) is 0 Å². The van der Waals surface area contributed by atoms with Crippen molar-refractivity contribution < 1.29 is 0 Å². The topological polar surface area (TPSA) is 29.9 Å². The molecule has 2 aromatic rings. The number of aromatic nitrogens is 2. The highest BCUT2D eigenvalue weighted by Gasteiger charge is 2.09. The normalized spacial score (nSPS) is 11.1. The fourth-order valence-electron chi connectivity index (χ4n) is 1.89. The van der Waals surface area contributed by atoms with Crippen LogP contribution in [0.2, 0.25) is 5.02 Å². The van der Waals surface area contributed by atoms with Crippen LogP contribution in [-0.4, -0.2) is 9.55 Å². The quantitative estimate of drug-likeness (QED) is 0.758. The number of nitrogens with zero attached hydrogens (tertiary/aromatic N) is 2. The van der Waals surface area contributed by atoms with Gasteiger partial charge in [-0.15, -0.1) is 0 Å². The van der Waals surface area contributed by atoms with Gasteiger partial charge in [-0.3, -0.25) is 0 Å². The molecule has 0 fully saturated rings. The molecule has 1 N–H and O–H groups in total. The summed E-state index contributed by atoms with van der Waals surface area (Å²) in [6.07, 6.45) is 2.07. The Hall–Kier alpha value is -0.750. The van der Waals surface area contributed by atoms with E-state index in [1.54, 1.807) is 0 Å². The van der Waals surface area contributed by atoms with Gasteiger partial charge in [0.15, 0.2) is 0 Å². The molecule has 0 aliphatic heterocycles. The number of anilines is 2. The maximum Gasteiger partial charge on any atom is 0.207 e. The van der Waals surface area contributed by atoms with Gasteiger partial charge in [0.1, 0.15) is 0 Å². The summed E-state index contributed by atoms with van der Waals surface area (Å²) in [4.78, 5) is 4.54. The van der Waals surface area contributed by atoms with Gasteiger partial charge in [-0.25, -0.2) is 4.98 Å². The number of halogens is 2. The van der Waals surface area contributed by atoms with E-state index in [-0.39, 0.29) is 0 Å². The van der Waals surface area contributed by atoms with Crippen LogP contribution in [0, 0.1) is 16.4 Å². The third-order valence-electron chi connectivity index (χ3n) is 2.64. The van der Waals surface area contributed by atoms with Gasteiger partial charge in [0, 0.05) is 21.3 Å². The molecule has 0 saturated carbocycles. The van der Waals surface area contributed by atoms with Gasteiger partial charge in [0.2, 0.25) is 5.95 Å². The van der Waals surface area contributed by atoms with Gasteiger partial charge >= 0.3 is 0 Å². The molecule has 102 valence electrons. The fourth-order valence-corrected chi connectivity index (χ4v) is 2.90. The van der Waals surface area contributed by atoms with E-state index >= 15 is 0 Å². The summed E-state index contributed by atoms with van der Waals surface area (Å²) < 4.78 is 3.24. The Kier molecular flexibility index (Phi) is 4.73.